The molecular formula is C16H22ClN3. The van der Waals surface area contributed by atoms with E-state index in [4.69, 9.17) is 11.6 Å². The van der Waals surface area contributed by atoms with Crippen LogP contribution in [-0.2, 0) is 13.0 Å². The van der Waals surface area contributed by atoms with Crippen LogP contribution in [0.4, 0.5) is 0 Å². The average Bonchev–Trinajstić information content (AvgIpc) is 2.84. The SMILES string of the molecule is CCc1nccn1-c1cc(Cl)ccc1CNC(C)(C)C. The maximum atomic E-state index is 6.17. The zero-order valence-electron chi connectivity index (χ0n) is 12.6. The molecule has 0 aliphatic heterocycles. The molecule has 1 aromatic carbocycles. The third-order valence-electron chi connectivity index (χ3n) is 3.15. The number of hydrogen-bond donors (Lipinski definition) is 1. The molecule has 0 atom stereocenters. The topological polar surface area (TPSA) is 29.9 Å². The number of aryl methyl sites for hydroxylation is 1. The molecule has 108 valence electrons. The van der Waals surface area contributed by atoms with E-state index < -0.39 is 0 Å². The van der Waals surface area contributed by atoms with E-state index in [-0.39, 0.29) is 5.54 Å². The summed E-state index contributed by atoms with van der Waals surface area (Å²) in [6, 6.07) is 6.02. The number of hydrogen-bond acceptors (Lipinski definition) is 2. The van der Waals surface area contributed by atoms with Gasteiger partial charge in [0.1, 0.15) is 5.82 Å². The molecule has 2 rings (SSSR count). The number of rotatable bonds is 4. The third kappa shape index (κ3) is 3.62. The molecule has 4 heteroatoms. The van der Waals surface area contributed by atoms with Crippen LogP contribution in [0.1, 0.15) is 39.1 Å². The molecule has 1 N–H and O–H groups in total. The molecular weight excluding hydrogens is 270 g/mol. The lowest BCUT2D eigenvalue weighted by atomic mass is 10.1. The van der Waals surface area contributed by atoms with Crippen molar-refractivity contribution in [2.75, 3.05) is 0 Å². The zero-order valence-corrected chi connectivity index (χ0v) is 13.3. The van der Waals surface area contributed by atoms with E-state index in [0.29, 0.717) is 0 Å². The summed E-state index contributed by atoms with van der Waals surface area (Å²) in [6.07, 6.45) is 4.72. The van der Waals surface area contributed by atoms with Gasteiger partial charge in [-0.2, -0.15) is 0 Å². The number of nitrogens with one attached hydrogen (secondary N) is 1. The maximum Gasteiger partial charge on any atom is 0.112 e. The Balaban J connectivity index is 2.38. The molecule has 0 bridgehead atoms. The van der Waals surface area contributed by atoms with Crippen LogP contribution in [-0.4, -0.2) is 15.1 Å². The summed E-state index contributed by atoms with van der Waals surface area (Å²) in [5, 5.41) is 4.27. The molecule has 0 saturated carbocycles. The lowest BCUT2D eigenvalue weighted by Gasteiger charge is -2.22. The summed E-state index contributed by atoms with van der Waals surface area (Å²) in [5.41, 5.74) is 2.40. The second-order valence-corrected chi connectivity index (χ2v) is 6.38. The smallest absolute Gasteiger partial charge is 0.112 e. The number of benzene rings is 1. The minimum atomic E-state index is 0.0828. The predicted molar refractivity (Wildman–Crippen MR) is 84.5 cm³/mol. The summed E-state index contributed by atoms with van der Waals surface area (Å²) in [4.78, 5) is 4.39. The summed E-state index contributed by atoms with van der Waals surface area (Å²) < 4.78 is 2.12. The van der Waals surface area contributed by atoms with Crippen LogP contribution in [0.3, 0.4) is 0 Å². The molecule has 2 aromatic rings. The monoisotopic (exact) mass is 291 g/mol. The van der Waals surface area contributed by atoms with E-state index in [1.54, 1.807) is 0 Å². The fourth-order valence-corrected chi connectivity index (χ4v) is 2.25. The second-order valence-electron chi connectivity index (χ2n) is 5.94. The minimum Gasteiger partial charge on any atom is -0.308 e. The standard InChI is InChI=1S/C16H22ClN3/c1-5-15-18-8-9-20(15)14-10-13(17)7-6-12(14)11-19-16(2,3)4/h6-10,19H,5,11H2,1-4H3. The van der Waals surface area contributed by atoms with Crippen LogP contribution in [0.5, 0.6) is 0 Å². The highest BCUT2D eigenvalue weighted by atomic mass is 35.5. The lowest BCUT2D eigenvalue weighted by molar-refractivity contribution is 0.424. The molecule has 3 nitrogen and oxygen atoms in total. The quantitative estimate of drug-likeness (QED) is 0.923. The molecule has 1 aromatic heterocycles. The van der Waals surface area contributed by atoms with Gasteiger partial charge in [0.15, 0.2) is 0 Å². The predicted octanol–water partition coefficient (Wildman–Crippen LogP) is 3.98. The van der Waals surface area contributed by atoms with Gasteiger partial charge in [0.05, 0.1) is 5.69 Å². The fourth-order valence-electron chi connectivity index (χ4n) is 2.09. The first-order valence-corrected chi connectivity index (χ1v) is 7.34. The summed E-state index contributed by atoms with van der Waals surface area (Å²) in [6.45, 7) is 9.40. The van der Waals surface area contributed by atoms with Gasteiger partial charge in [-0.25, -0.2) is 4.98 Å². The Hall–Kier alpha value is -1.32. The Morgan fingerprint density at radius 2 is 2.05 bits per heavy atom. The first kappa shape index (κ1) is 15.1. The lowest BCUT2D eigenvalue weighted by Crippen LogP contribution is -2.35. The van der Waals surface area contributed by atoms with Crippen molar-refractivity contribution in [2.45, 2.75) is 46.2 Å². The van der Waals surface area contributed by atoms with Crippen LogP contribution < -0.4 is 5.32 Å². The zero-order chi connectivity index (χ0) is 14.8. The van der Waals surface area contributed by atoms with Crippen molar-refractivity contribution >= 4 is 11.6 Å². The molecule has 0 aliphatic rings. The molecule has 0 radical (unpaired) electrons. The van der Waals surface area contributed by atoms with Gasteiger partial charge >= 0.3 is 0 Å². The molecule has 0 amide bonds. The Bertz CT molecular complexity index is 582. The molecule has 0 aliphatic carbocycles. The first-order valence-electron chi connectivity index (χ1n) is 6.97. The minimum absolute atomic E-state index is 0.0828. The van der Waals surface area contributed by atoms with E-state index in [9.17, 15) is 0 Å². The second kappa shape index (κ2) is 5.98. The number of imidazole rings is 1. The number of halogens is 1. The van der Waals surface area contributed by atoms with Gasteiger partial charge in [0.25, 0.3) is 0 Å². The van der Waals surface area contributed by atoms with Crippen molar-refractivity contribution < 1.29 is 0 Å². The molecule has 1 heterocycles. The highest BCUT2D eigenvalue weighted by molar-refractivity contribution is 6.30. The van der Waals surface area contributed by atoms with Gasteiger partial charge in [0.2, 0.25) is 0 Å². The first-order chi connectivity index (χ1) is 9.40. The van der Waals surface area contributed by atoms with Gasteiger partial charge in [-0.05, 0) is 38.5 Å². The molecule has 0 saturated heterocycles. The van der Waals surface area contributed by atoms with E-state index >= 15 is 0 Å². The van der Waals surface area contributed by atoms with Crippen LogP contribution in [0.25, 0.3) is 5.69 Å². The summed E-state index contributed by atoms with van der Waals surface area (Å²) in [7, 11) is 0. The maximum absolute atomic E-state index is 6.17. The van der Waals surface area contributed by atoms with Gasteiger partial charge < -0.3 is 9.88 Å². The highest BCUT2D eigenvalue weighted by Crippen LogP contribution is 2.22. The third-order valence-corrected chi connectivity index (χ3v) is 3.38. The van der Waals surface area contributed by atoms with Crippen molar-refractivity contribution in [3.63, 3.8) is 0 Å². The van der Waals surface area contributed by atoms with Gasteiger partial charge in [-0.15, -0.1) is 0 Å². The average molecular weight is 292 g/mol. The van der Waals surface area contributed by atoms with E-state index in [1.165, 1.54) is 5.56 Å². The summed E-state index contributed by atoms with van der Waals surface area (Å²) in [5.74, 6) is 1.05. The molecule has 0 unspecified atom stereocenters. The Morgan fingerprint density at radius 3 is 2.70 bits per heavy atom. The molecule has 0 fully saturated rings. The molecule has 0 spiro atoms. The Morgan fingerprint density at radius 1 is 1.30 bits per heavy atom. The van der Waals surface area contributed by atoms with Crippen molar-refractivity contribution in [2.24, 2.45) is 0 Å². The van der Waals surface area contributed by atoms with Crippen molar-refractivity contribution in [3.8, 4) is 5.69 Å². The Kier molecular flexibility index (Phi) is 4.51. The van der Waals surface area contributed by atoms with E-state index in [0.717, 1.165) is 29.5 Å². The number of nitrogens with zero attached hydrogens (tertiary/aromatic N) is 2. The van der Waals surface area contributed by atoms with Gasteiger partial charge in [0, 0.05) is 35.9 Å². The van der Waals surface area contributed by atoms with Crippen LogP contribution in [0.15, 0.2) is 30.6 Å². The van der Waals surface area contributed by atoms with Crippen molar-refractivity contribution in [3.05, 3.63) is 47.0 Å². The number of aromatic nitrogens is 2. The van der Waals surface area contributed by atoms with Crippen LogP contribution in [0.2, 0.25) is 5.02 Å². The van der Waals surface area contributed by atoms with Crippen molar-refractivity contribution in [1.29, 1.82) is 0 Å². The van der Waals surface area contributed by atoms with Crippen LogP contribution >= 0.6 is 11.6 Å². The fraction of sp³-hybridized carbons (Fsp3) is 0.438. The van der Waals surface area contributed by atoms with E-state index in [1.807, 2.05) is 24.5 Å². The van der Waals surface area contributed by atoms with E-state index in [2.05, 4.69) is 48.6 Å². The Labute approximate surface area is 126 Å². The largest absolute Gasteiger partial charge is 0.308 e. The van der Waals surface area contributed by atoms with Gasteiger partial charge in [-0.3, -0.25) is 0 Å². The van der Waals surface area contributed by atoms with Gasteiger partial charge in [-0.1, -0.05) is 24.6 Å². The van der Waals surface area contributed by atoms with Crippen molar-refractivity contribution in [1.82, 2.24) is 14.9 Å². The highest BCUT2D eigenvalue weighted by Gasteiger charge is 2.13. The summed E-state index contributed by atoms with van der Waals surface area (Å²) >= 11 is 6.17. The normalized spacial score (nSPS) is 11.8. The van der Waals surface area contributed by atoms with Crippen LogP contribution in [0, 0.1) is 0 Å². The molecule has 20 heavy (non-hydrogen) atoms.